The van der Waals surface area contributed by atoms with E-state index in [1.807, 2.05) is 6.92 Å². The standard InChI is InChI=1S/C26H32O5/c1-4-30-23(29)17-12-14-11-15(27)5-8-24(14,2)18-6-9-25(3)22(21(17)18)16-13-19(16)26(25)10-7-20(28)31-26/h5,8,11,16-19,21-22H,4,6-7,9-10,12-13H2,1-3H3/t16-,17-,18?,19+,21?,22?,24?,25?,26?/m1/s1. The second-order valence-corrected chi connectivity index (χ2v) is 11.3. The Morgan fingerprint density at radius 1 is 1.23 bits per heavy atom. The summed E-state index contributed by atoms with van der Waals surface area (Å²) in [6.45, 7) is 6.83. The van der Waals surface area contributed by atoms with Gasteiger partial charge in [-0.15, -0.1) is 0 Å². The highest BCUT2D eigenvalue weighted by Crippen LogP contribution is 2.79. The lowest BCUT2D eigenvalue weighted by molar-refractivity contribution is -0.184. The fraction of sp³-hybridized carbons (Fsp3) is 0.731. The van der Waals surface area contributed by atoms with Crippen LogP contribution in [-0.2, 0) is 23.9 Å². The molecule has 6 unspecified atom stereocenters. The molecule has 9 atom stereocenters. The molecule has 1 saturated heterocycles. The van der Waals surface area contributed by atoms with E-state index in [1.165, 1.54) is 0 Å². The van der Waals surface area contributed by atoms with E-state index in [9.17, 15) is 14.4 Å². The molecule has 5 heteroatoms. The van der Waals surface area contributed by atoms with Crippen LogP contribution in [0.15, 0.2) is 23.8 Å². The first-order valence-corrected chi connectivity index (χ1v) is 12.1. The molecule has 0 aromatic rings. The molecule has 0 bridgehead atoms. The highest BCUT2D eigenvalue weighted by atomic mass is 16.6. The Bertz CT molecular complexity index is 947. The Morgan fingerprint density at radius 2 is 2.03 bits per heavy atom. The van der Waals surface area contributed by atoms with Gasteiger partial charge in [0, 0.05) is 23.2 Å². The highest BCUT2D eigenvalue weighted by molar-refractivity contribution is 6.01. The van der Waals surface area contributed by atoms with Crippen molar-refractivity contribution < 1.29 is 23.9 Å². The number of carbonyl (C=O) groups is 3. The van der Waals surface area contributed by atoms with Gasteiger partial charge in [-0.2, -0.15) is 0 Å². The number of esters is 2. The fourth-order valence-corrected chi connectivity index (χ4v) is 9.04. The molecule has 1 spiro atoms. The normalized spacial score (nSPS) is 51.4. The molecular formula is C26H32O5. The average molecular weight is 425 g/mol. The second kappa shape index (κ2) is 6.11. The SMILES string of the molecule is CCOC(=O)[C@@H]1CC2=CC(=O)C=CC2(C)C2CCC3(C)C(C21)[C@@H]1C[C@@H]1C31CCC(=O)O1. The zero-order valence-electron chi connectivity index (χ0n) is 18.7. The van der Waals surface area contributed by atoms with Crippen molar-refractivity contribution in [3.63, 3.8) is 0 Å². The van der Waals surface area contributed by atoms with E-state index in [4.69, 9.17) is 9.47 Å². The van der Waals surface area contributed by atoms with Crippen molar-refractivity contribution in [3.8, 4) is 0 Å². The number of hydrogen-bond acceptors (Lipinski definition) is 5. The van der Waals surface area contributed by atoms with Gasteiger partial charge in [0.15, 0.2) is 5.78 Å². The first-order valence-electron chi connectivity index (χ1n) is 12.1. The summed E-state index contributed by atoms with van der Waals surface area (Å²) in [6.07, 6.45) is 10.7. The van der Waals surface area contributed by atoms with Gasteiger partial charge >= 0.3 is 11.9 Å². The third kappa shape index (κ3) is 2.30. The van der Waals surface area contributed by atoms with Gasteiger partial charge in [0.25, 0.3) is 0 Å². The number of carbonyl (C=O) groups excluding carboxylic acids is 3. The predicted octanol–water partition coefficient (Wildman–Crippen LogP) is 4.02. The Kier molecular flexibility index (Phi) is 3.89. The van der Waals surface area contributed by atoms with Crippen molar-refractivity contribution >= 4 is 17.7 Å². The topological polar surface area (TPSA) is 69.7 Å². The van der Waals surface area contributed by atoms with Gasteiger partial charge in [-0.3, -0.25) is 14.4 Å². The van der Waals surface area contributed by atoms with E-state index in [1.54, 1.807) is 12.2 Å². The Labute approximate surface area is 183 Å². The lowest BCUT2D eigenvalue weighted by Crippen LogP contribution is -2.59. The van der Waals surface area contributed by atoms with Gasteiger partial charge in [-0.1, -0.05) is 25.5 Å². The molecule has 5 nitrogen and oxygen atoms in total. The summed E-state index contributed by atoms with van der Waals surface area (Å²) in [5.74, 6) is 1.48. The van der Waals surface area contributed by atoms with Crippen molar-refractivity contribution in [2.75, 3.05) is 6.61 Å². The molecule has 0 aromatic heterocycles. The van der Waals surface area contributed by atoms with Gasteiger partial charge in [-0.05, 0) is 74.9 Å². The molecule has 0 N–H and O–H groups in total. The molecule has 5 fully saturated rings. The van der Waals surface area contributed by atoms with Crippen LogP contribution in [0.3, 0.4) is 0 Å². The van der Waals surface area contributed by atoms with E-state index in [0.29, 0.717) is 43.1 Å². The van der Waals surface area contributed by atoms with E-state index in [0.717, 1.165) is 31.3 Å². The average Bonchev–Trinajstić information content (AvgIpc) is 3.36. The Morgan fingerprint density at radius 3 is 2.74 bits per heavy atom. The largest absolute Gasteiger partial charge is 0.466 e. The molecule has 6 aliphatic rings. The van der Waals surface area contributed by atoms with Crippen molar-refractivity contribution in [2.45, 2.75) is 64.9 Å². The molecule has 166 valence electrons. The second-order valence-electron chi connectivity index (χ2n) is 11.3. The summed E-state index contributed by atoms with van der Waals surface area (Å²) >= 11 is 0. The summed E-state index contributed by atoms with van der Waals surface area (Å²) in [4.78, 5) is 37.7. The molecule has 0 radical (unpaired) electrons. The molecule has 1 heterocycles. The summed E-state index contributed by atoms with van der Waals surface area (Å²) in [5.41, 5.74) is 0.494. The van der Waals surface area contributed by atoms with Gasteiger partial charge in [0.1, 0.15) is 5.60 Å². The maximum absolute atomic E-state index is 13.3. The van der Waals surface area contributed by atoms with Crippen LogP contribution in [0.1, 0.15) is 59.3 Å². The van der Waals surface area contributed by atoms with E-state index < -0.39 is 0 Å². The number of hydrogen-bond donors (Lipinski definition) is 0. The zero-order chi connectivity index (χ0) is 21.8. The summed E-state index contributed by atoms with van der Waals surface area (Å²) in [6, 6.07) is 0. The smallest absolute Gasteiger partial charge is 0.309 e. The fourth-order valence-electron chi connectivity index (χ4n) is 9.04. The molecule has 4 saturated carbocycles. The number of fused-ring (bicyclic) bond motifs is 9. The lowest BCUT2D eigenvalue weighted by Gasteiger charge is -2.60. The molecule has 5 aliphatic carbocycles. The van der Waals surface area contributed by atoms with Crippen LogP contribution >= 0.6 is 0 Å². The van der Waals surface area contributed by atoms with Crippen LogP contribution in [-0.4, -0.2) is 29.9 Å². The molecule has 6 rings (SSSR count). The Hall–Kier alpha value is -1.91. The molecule has 1 aliphatic heterocycles. The zero-order valence-corrected chi connectivity index (χ0v) is 18.7. The van der Waals surface area contributed by atoms with Crippen LogP contribution in [0.2, 0.25) is 0 Å². The van der Waals surface area contributed by atoms with Crippen molar-refractivity contribution in [2.24, 2.45) is 46.3 Å². The number of ether oxygens (including phenoxy) is 2. The van der Waals surface area contributed by atoms with Crippen molar-refractivity contribution in [1.29, 1.82) is 0 Å². The van der Waals surface area contributed by atoms with Gasteiger partial charge in [-0.25, -0.2) is 0 Å². The third-order valence-corrected chi connectivity index (χ3v) is 10.3. The number of allylic oxidation sites excluding steroid dienone is 4. The predicted molar refractivity (Wildman–Crippen MR) is 113 cm³/mol. The van der Waals surface area contributed by atoms with Crippen LogP contribution in [0, 0.1) is 46.3 Å². The van der Waals surface area contributed by atoms with Crippen LogP contribution in [0.5, 0.6) is 0 Å². The van der Waals surface area contributed by atoms with E-state index in [-0.39, 0.29) is 46.0 Å². The van der Waals surface area contributed by atoms with Crippen LogP contribution in [0.4, 0.5) is 0 Å². The Balaban J connectivity index is 1.46. The van der Waals surface area contributed by atoms with Gasteiger partial charge < -0.3 is 9.47 Å². The molecule has 0 aromatic carbocycles. The van der Waals surface area contributed by atoms with Gasteiger partial charge in [0.05, 0.1) is 12.5 Å². The molecule has 31 heavy (non-hydrogen) atoms. The maximum Gasteiger partial charge on any atom is 0.309 e. The quantitative estimate of drug-likeness (QED) is 0.627. The highest BCUT2D eigenvalue weighted by Gasteiger charge is 2.79. The van der Waals surface area contributed by atoms with E-state index in [2.05, 4.69) is 19.9 Å². The minimum absolute atomic E-state index is 0.0223. The number of ketones is 1. The van der Waals surface area contributed by atoms with Crippen molar-refractivity contribution in [1.82, 2.24) is 0 Å². The van der Waals surface area contributed by atoms with Crippen molar-refractivity contribution in [3.05, 3.63) is 23.8 Å². The minimum atomic E-state index is -0.334. The minimum Gasteiger partial charge on any atom is -0.466 e. The first kappa shape index (κ1) is 19.8. The maximum atomic E-state index is 13.3. The first-order chi connectivity index (χ1) is 14.7. The van der Waals surface area contributed by atoms with Gasteiger partial charge in [0.2, 0.25) is 0 Å². The molecular weight excluding hydrogens is 392 g/mol. The van der Waals surface area contributed by atoms with Crippen LogP contribution in [0.25, 0.3) is 0 Å². The monoisotopic (exact) mass is 424 g/mol. The van der Waals surface area contributed by atoms with Crippen LogP contribution < -0.4 is 0 Å². The molecule has 0 amide bonds. The van der Waals surface area contributed by atoms with E-state index >= 15 is 0 Å². The summed E-state index contributed by atoms with van der Waals surface area (Å²) < 4.78 is 11.8. The lowest BCUT2D eigenvalue weighted by atomic mass is 9.44. The summed E-state index contributed by atoms with van der Waals surface area (Å²) in [5, 5.41) is 0. The number of rotatable bonds is 2. The third-order valence-electron chi connectivity index (χ3n) is 10.3. The summed E-state index contributed by atoms with van der Waals surface area (Å²) in [7, 11) is 0.